The van der Waals surface area contributed by atoms with E-state index in [1.165, 1.54) is 12.4 Å². The van der Waals surface area contributed by atoms with Crippen molar-refractivity contribution in [2.45, 2.75) is 39.0 Å². The van der Waals surface area contributed by atoms with Crippen molar-refractivity contribution in [3.8, 4) is 5.82 Å². The van der Waals surface area contributed by atoms with Gasteiger partial charge in [0.2, 0.25) is 5.95 Å². The van der Waals surface area contributed by atoms with Gasteiger partial charge in [0, 0.05) is 54.3 Å². The third-order valence-corrected chi connectivity index (χ3v) is 5.75. The fourth-order valence-electron chi connectivity index (χ4n) is 3.60. The van der Waals surface area contributed by atoms with Gasteiger partial charge < -0.3 is 20.5 Å². The number of nitrogens with one attached hydrogen (secondary N) is 2. The number of nitrogens with zero attached hydrogens (tertiary/aromatic N) is 4. The highest BCUT2D eigenvalue weighted by Gasteiger charge is 2.17. The molecule has 0 aliphatic carbocycles. The number of aryl methyl sites for hydroxylation is 1. The largest absolute Gasteiger partial charge is 0.392 e. The molecule has 0 spiro atoms. The molecule has 1 amide bonds. The summed E-state index contributed by atoms with van der Waals surface area (Å²) >= 11 is 5.98. The van der Waals surface area contributed by atoms with Crippen LogP contribution in [-0.2, 0) is 17.9 Å². The molecule has 1 aromatic carbocycles. The molecule has 0 unspecified atom stereocenters. The Morgan fingerprint density at radius 2 is 2.12 bits per heavy atom. The number of carbonyl (C=O) groups is 1. The molecule has 3 aromatic rings. The molecular formula is C22H24ClFN6O3. The van der Waals surface area contributed by atoms with Gasteiger partial charge >= 0.3 is 0 Å². The van der Waals surface area contributed by atoms with Crippen LogP contribution < -0.4 is 10.6 Å². The number of aliphatic hydroxyl groups is 1. The van der Waals surface area contributed by atoms with E-state index in [1.807, 2.05) is 6.92 Å². The highest BCUT2D eigenvalue weighted by Crippen LogP contribution is 2.22. The van der Waals surface area contributed by atoms with Crippen LogP contribution in [-0.4, -0.2) is 49.8 Å². The van der Waals surface area contributed by atoms with Crippen LogP contribution in [0.2, 0.25) is 5.02 Å². The molecule has 1 saturated heterocycles. The topological polar surface area (TPSA) is 114 Å². The van der Waals surface area contributed by atoms with E-state index in [0.29, 0.717) is 36.1 Å². The van der Waals surface area contributed by atoms with E-state index in [4.69, 9.17) is 16.3 Å². The zero-order valence-corrected chi connectivity index (χ0v) is 18.8. The number of halogens is 2. The van der Waals surface area contributed by atoms with Gasteiger partial charge in [0.1, 0.15) is 23.7 Å². The average Bonchev–Trinajstić information content (AvgIpc) is 3.29. The molecule has 11 heteroatoms. The molecular weight excluding hydrogens is 451 g/mol. The Morgan fingerprint density at radius 3 is 2.88 bits per heavy atom. The predicted molar refractivity (Wildman–Crippen MR) is 120 cm³/mol. The zero-order valence-electron chi connectivity index (χ0n) is 18.0. The molecule has 3 N–H and O–H groups in total. The van der Waals surface area contributed by atoms with Crippen LogP contribution in [0.5, 0.6) is 0 Å². The van der Waals surface area contributed by atoms with Crippen molar-refractivity contribution in [3.63, 3.8) is 0 Å². The predicted octanol–water partition coefficient (Wildman–Crippen LogP) is 2.78. The molecule has 0 bridgehead atoms. The lowest BCUT2D eigenvalue weighted by Crippen LogP contribution is -2.28. The Kier molecular flexibility index (Phi) is 7.17. The fraction of sp³-hybridized carbons (Fsp3) is 0.364. The summed E-state index contributed by atoms with van der Waals surface area (Å²) in [5.74, 6) is 0.104. The minimum Gasteiger partial charge on any atom is -0.392 e. The summed E-state index contributed by atoms with van der Waals surface area (Å²) in [6, 6.07) is 2.60. The van der Waals surface area contributed by atoms with Gasteiger partial charge in [-0.1, -0.05) is 11.6 Å². The molecule has 0 atom stereocenters. The lowest BCUT2D eigenvalue weighted by atomic mass is 10.1. The van der Waals surface area contributed by atoms with Crippen LogP contribution in [0.3, 0.4) is 0 Å². The Hall–Kier alpha value is -3.08. The van der Waals surface area contributed by atoms with Gasteiger partial charge in [0.15, 0.2) is 0 Å². The maximum atomic E-state index is 13.7. The van der Waals surface area contributed by atoms with Crippen LogP contribution >= 0.6 is 11.6 Å². The highest BCUT2D eigenvalue weighted by molar-refractivity contribution is 6.31. The SMILES string of the molecule is Cc1cnc(NC2CCOCC2)nc1-n1cnc(C(=O)NCc2cc(F)cc(Cl)c2CO)c1. The number of amides is 1. The van der Waals surface area contributed by atoms with Crippen LogP contribution in [0.15, 0.2) is 30.9 Å². The van der Waals surface area contributed by atoms with Gasteiger partial charge in [-0.05, 0) is 37.5 Å². The first kappa shape index (κ1) is 23.1. The first-order valence-electron chi connectivity index (χ1n) is 10.5. The number of carbonyl (C=O) groups excluding carboxylic acids is 1. The Labute approximate surface area is 195 Å². The van der Waals surface area contributed by atoms with E-state index < -0.39 is 11.7 Å². The number of imidazole rings is 1. The summed E-state index contributed by atoms with van der Waals surface area (Å²) in [4.78, 5) is 25.7. The Morgan fingerprint density at radius 1 is 1.33 bits per heavy atom. The molecule has 2 aromatic heterocycles. The van der Waals surface area contributed by atoms with Gasteiger partial charge in [-0.15, -0.1) is 0 Å². The number of ether oxygens (including phenoxy) is 1. The Balaban J connectivity index is 1.46. The van der Waals surface area contributed by atoms with Crippen molar-refractivity contribution in [3.05, 3.63) is 64.1 Å². The second kappa shape index (κ2) is 10.2. The quantitative estimate of drug-likeness (QED) is 0.482. The van der Waals surface area contributed by atoms with Crippen LogP contribution in [0, 0.1) is 12.7 Å². The maximum Gasteiger partial charge on any atom is 0.271 e. The number of hydrogen-bond donors (Lipinski definition) is 3. The van der Waals surface area contributed by atoms with Crippen LogP contribution in [0.25, 0.3) is 5.82 Å². The van der Waals surface area contributed by atoms with Crippen molar-refractivity contribution in [2.75, 3.05) is 18.5 Å². The first-order chi connectivity index (χ1) is 15.9. The monoisotopic (exact) mass is 474 g/mol. The minimum atomic E-state index is -0.546. The molecule has 0 saturated carbocycles. The number of aliphatic hydroxyl groups excluding tert-OH is 1. The summed E-state index contributed by atoms with van der Waals surface area (Å²) in [7, 11) is 0. The van der Waals surface area contributed by atoms with Crippen molar-refractivity contribution >= 4 is 23.5 Å². The standard InChI is InChI=1S/C22H24ClFN6O3/c1-13-8-26-22(28-16-2-4-33-5-3-16)29-20(13)30-10-19(27-12-30)21(32)25-9-14-6-15(24)7-18(23)17(14)11-31/h6-8,10,12,16,31H,2-5,9,11H2,1H3,(H,25,32)(H,26,28,29). The minimum absolute atomic E-state index is 0.00915. The number of aromatic nitrogens is 4. The van der Waals surface area contributed by atoms with E-state index in [-0.39, 0.29) is 29.9 Å². The van der Waals surface area contributed by atoms with E-state index >= 15 is 0 Å². The van der Waals surface area contributed by atoms with E-state index in [2.05, 4.69) is 25.6 Å². The molecule has 4 rings (SSSR count). The smallest absolute Gasteiger partial charge is 0.271 e. The molecule has 3 heterocycles. The number of anilines is 1. The summed E-state index contributed by atoms with van der Waals surface area (Å²) in [6.45, 7) is 2.91. The molecule has 174 valence electrons. The highest BCUT2D eigenvalue weighted by atomic mass is 35.5. The van der Waals surface area contributed by atoms with E-state index in [0.717, 1.165) is 24.5 Å². The van der Waals surface area contributed by atoms with Crippen LogP contribution in [0.1, 0.15) is 40.0 Å². The van der Waals surface area contributed by atoms with Crippen molar-refractivity contribution in [1.82, 2.24) is 24.8 Å². The molecule has 0 radical (unpaired) electrons. The molecule has 9 nitrogen and oxygen atoms in total. The number of benzene rings is 1. The lowest BCUT2D eigenvalue weighted by Gasteiger charge is -2.23. The van der Waals surface area contributed by atoms with Gasteiger partial charge in [-0.25, -0.2) is 14.4 Å². The summed E-state index contributed by atoms with van der Waals surface area (Å²) in [6.07, 6.45) is 6.55. The van der Waals surface area contributed by atoms with Gasteiger partial charge in [0.05, 0.1) is 6.61 Å². The normalized spacial score (nSPS) is 14.3. The average molecular weight is 475 g/mol. The third kappa shape index (κ3) is 5.47. The van der Waals surface area contributed by atoms with Crippen LogP contribution in [0.4, 0.5) is 10.3 Å². The molecule has 1 aliphatic rings. The summed E-state index contributed by atoms with van der Waals surface area (Å²) in [5, 5.41) is 15.6. The van der Waals surface area contributed by atoms with E-state index in [1.54, 1.807) is 17.0 Å². The Bertz CT molecular complexity index is 1150. The fourth-order valence-corrected chi connectivity index (χ4v) is 3.89. The second-order valence-corrected chi connectivity index (χ2v) is 8.17. The molecule has 33 heavy (non-hydrogen) atoms. The van der Waals surface area contributed by atoms with Crippen molar-refractivity contribution in [1.29, 1.82) is 0 Å². The van der Waals surface area contributed by atoms with E-state index in [9.17, 15) is 14.3 Å². The van der Waals surface area contributed by atoms with Gasteiger partial charge in [-0.3, -0.25) is 9.36 Å². The molecule has 1 fully saturated rings. The van der Waals surface area contributed by atoms with Gasteiger partial charge in [0.25, 0.3) is 5.91 Å². The number of hydrogen-bond acceptors (Lipinski definition) is 7. The summed E-state index contributed by atoms with van der Waals surface area (Å²) < 4.78 is 20.7. The summed E-state index contributed by atoms with van der Waals surface area (Å²) in [5.41, 5.74) is 1.75. The third-order valence-electron chi connectivity index (χ3n) is 5.41. The van der Waals surface area contributed by atoms with Gasteiger partial charge in [-0.2, -0.15) is 4.98 Å². The number of rotatable bonds is 7. The zero-order chi connectivity index (χ0) is 23.4. The maximum absolute atomic E-state index is 13.7. The second-order valence-electron chi connectivity index (χ2n) is 7.76. The van der Waals surface area contributed by atoms with Crippen molar-refractivity contribution in [2.24, 2.45) is 0 Å². The molecule has 1 aliphatic heterocycles. The lowest BCUT2D eigenvalue weighted by molar-refractivity contribution is 0.0903. The first-order valence-corrected chi connectivity index (χ1v) is 10.9. The van der Waals surface area contributed by atoms with Crippen molar-refractivity contribution < 1.29 is 19.0 Å².